The van der Waals surface area contributed by atoms with Crippen LogP contribution in [0.15, 0.2) is 66.0 Å². The summed E-state index contributed by atoms with van der Waals surface area (Å²) in [5, 5.41) is 5.08. The van der Waals surface area contributed by atoms with Crippen molar-refractivity contribution in [2.45, 2.75) is 19.5 Å². The normalized spacial score (nSPS) is 12.9. The fraction of sp³-hybridized carbons (Fsp3) is 0.261. The van der Waals surface area contributed by atoms with Crippen molar-refractivity contribution in [1.29, 1.82) is 0 Å². The zero-order chi connectivity index (χ0) is 20.6. The van der Waals surface area contributed by atoms with Crippen LogP contribution < -0.4 is 15.0 Å². The monoisotopic (exact) mass is 413 g/mol. The molecule has 0 radical (unpaired) electrons. The number of amides is 1. The van der Waals surface area contributed by atoms with Crippen LogP contribution in [0, 0.1) is 5.82 Å². The number of rotatable bonds is 9. The summed E-state index contributed by atoms with van der Waals surface area (Å²) in [6.45, 7) is 3.68. The van der Waals surface area contributed by atoms with Gasteiger partial charge in [-0.1, -0.05) is 18.2 Å². The van der Waals surface area contributed by atoms with E-state index in [1.807, 2.05) is 55.7 Å². The molecule has 0 fully saturated rings. The van der Waals surface area contributed by atoms with Crippen LogP contribution in [-0.2, 0) is 11.3 Å². The molecule has 2 aromatic carbocycles. The molecule has 6 heteroatoms. The maximum absolute atomic E-state index is 13.3. The number of nitrogens with one attached hydrogen (secondary N) is 2. The Balaban J connectivity index is 1.61. The van der Waals surface area contributed by atoms with E-state index in [2.05, 4.69) is 5.32 Å². The molecule has 0 saturated carbocycles. The number of likely N-dealkylation sites (N-methyl/N-ethyl adjacent to an activating group) is 1. The van der Waals surface area contributed by atoms with Crippen LogP contribution in [0.3, 0.4) is 0 Å². The Hall–Kier alpha value is -2.70. The molecule has 1 unspecified atom stereocenters. The summed E-state index contributed by atoms with van der Waals surface area (Å²) in [4.78, 5) is 14.8. The number of halogens is 1. The van der Waals surface area contributed by atoms with E-state index < -0.39 is 0 Å². The minimum Gasteiger partial charge on any atom is -0.494 e. The van der Waals surface area contributed by atoms with Crippen LogP contribution in [0.25, 0.3) is 0 Å². The van der Waals surface area contributed by atoms with Crippen molar-refractivity contribution in [3.8, 4) is 5.75 Å². The molecule has 0 aliphatic carbocycles. The van der Waals surface area contributed by atoms with Gasteiger partial charge in [-0.05, 0) is 60.3 Å². The van der Waals surface area contributed by atoms with Crippen molar-refractivity contribution in [2.24, 2.45) is 0 Å². The molecule has 152 valence electrons. The van der Waals surface area contributed by atoms with Crippen LogP contribution in [0.4, 0.5) is 4.39 Å². The highest BCUT2D eigenvalue weighted by Gasteiger charge is 2.20. The molecule has 1 heterocycles. The number of quaternary nitrogens is 1. The van der Waals surface area contributed by atoms with Gasteiger partial charge in [0.25, 0.3) is 5.91 Å². The van der Waals surface area contributed by atoms with Gasteiger partial charge in [0, 0.05) is 10.4 Å². The summed E-state index contributed by atoms with van der Waals surface area (Å²) in [6.07, 6.45) is 0. The van der Waals surface area contributed by atoms with Gasteiger partial charge in [0.2, 0.25) is 0 Å². The first-order chi connectivity index (χ1) is 14.0. The summed E-state index contributed by atoms with van der Waals surface area (Å²) >= 11 is 1.57. The molecule has 0 aliphatic heterocycles. The maximum Gasteiger partial charge on any atom is 0.275 e. The van der Waals surface area contributed by atoms with Gasteiger partial charge in [-0.25, -0.2) is 4.39 Å². The van der Waals surface area contributed by atoms with Crippen molar-refractivity contribution in [2.75, 3.05) is 20.2 Å². The Morgan fingerprint density at radius 1 is 1.14 bits per heavy atom. The summed E-state index contributed by atoms with van der Waals surface area (Å²) in [6, 6.07) is 17.9. The van der Waals surface area contributed by atoms with E-state index >= 15 is 0 Å². The minimum atomic E-state index is -0.287. The SMILES string of the molecule is CCOc1ccc(C[NH+](C)CC(=O)N[C@H](c2ccc(F)cc2)c2cccs2)cc1. The Morgan fingerprint density at radius 3 is 2.48 bits per heavy atom. The smallest absolute Gasteiger partial charge is 0.275 e. The lowest BCUT2D eigenvalue weighted by molar-refractivity contribution is -0.885. The number of hydrogen-bond donors (Lipinski definition) is 2. The third-order valence-electron chi connectivity index (χ3n) is 4.54. The molecule has 4 nitrogen and oxygen atoms in total. The first-order valence-electron chi connectivity index (χ1n) is 9.66. The van der Waals surface area contributed by atoms with Gasteiger partial charge in [-0.2, -0.15) is 0 Å². The van der Waals surface area contributed by atoms with E-state index in [1.165, 1.54) is 12.1 Å². The first kappa shape index (κ1) is 21.0. The van der Waals surface area contributed by atoms with E-state index in [-0.39, 0.29) is 17.8 Å². The quantitative estimate of drug-likeness (QED) is 0.566. The summed E-state index contributed by atoms with van der Waals surface area (Å²) in [5.41, 5.74) is 2.01. The van der Waals surface area contributed by atoms with Crippen molar-refractivity contribution >= 4 is 17.2 Å². The second-order valence-corrected chi connectivity index (χ2v) is 7.93. The molecule has 3 rings (SSSR count). The van der Waals surface area contributed by atoms with Crippen LogP contribution in [-0.4, -0.2) is 26.1 Å². The second-order valence-electron chi connectivity index (χ2n) is 6.96. The molecule has 1 amide bonds. The van der Waals surface area contributed by atoms with Gasteiger partial charge >= 0.3 is 0 Å². The molecule has 2 N–H and O–H groups in total. The lowest BCUT2D eigenvalue weighted by Crippen LogP contribution is -3.08. The second kappa shape index (κ2) is 10.2. The van der Waals surface area contributed by atoms with Crippen LogP contribution >= 0.6 is 11.3 Å². The van der Waals surface area contributed by atoms with Gasteiger partial charge in [0.1, 0.15) is 18.1 Å². The van der Waals surface area contributed by atoms with E-state index in [9.17, 15) is 9.18 Å². The van der Waals surface area contributed by atoms with Gasteiger partial charge in [-0.3, -0.25) is 4.79 Å². The van der Waals surface area contributed by atoms with E-state index in [0.717, 1.165) is 33.2 Å². The van der Waals surface area contributed by atoms with Crippen molar-refractivity contribution < 1.29 is 18.8 Å². The average Bonchev–Trinajstić information content (AvgIpc) is 3.23. The van der Waals surface area contributed by atoms with Gasteiger partial charge in [0.05, 0.1) is 19.7 Å². The number of ether oxygens (including phenoxy) is 1. The minimum absolute atomic E-state index is 0.0452. The third-order valence-corrected chi connectivity index (χ3v) is 5.48. The molecular weight excluding hydrogens is 387 g/mol. The predicted octanol–water partition coefficient (Wildman–Crippen LogP) is 3.21. The van der Waals surface area contributed by atoms with Crippen LogP contribution in [0.5, 0.6) is 5.75 Å². The van der Waals surface area contributed by atoms with E-state index in [1.54, 1.807) is 23.5 Å². The Bertz CT molecular complexity index is 896. The zero-order valence-electron chi connectivity index (χ0n) is 16.7. The number of thiophene rings is 1. The van der Waals surface area contributed by atoms with E-state index in [4.69, 9.17) is 4.74 Å². The highest BCUT2D eigenvalue weighted by atomic mass is 32.1. The maximum atomic E-state index is 13.3. The Labute approximate surface area is 174 Å². The van der Waals surface area contributed by atoms with E-state index in [0.29, 0.717) is 13.2 Å². The summed E-state index contributed by atoms with van der Waals surface area (Å²) < 4.78 is 18.8. The number of carbonyl (C=O) groups excluding carboxylic acids is 1. The standard InChI is InChI=1S/C23H25FN2O2S/c1-3-28-20-12-6-17(7-13-20)15-26(2)16-22(27)25-23(21-5-4-14-29-21)18-8-10-19(24)11-9-18/h4-14,23H,3,15-16H2,1-2H3,(H,25,27)/p+1/t23-/m1/s1. The van der Waals surface area contributed by atoms with Gasteiger partial charge < -0.3 is 15.0 Å². The zero-order valence-corrected chi connectivity index (χ0v) is 17.5. The lowest BCUT2D eigenvalue weighted by atomic mass is 10.1. The van der Waals surface area contributed by atoms with Crippen LogP contribution in [0.2, 0.25) is 0 Å². The molecule has 1 aromatic heterocycles. The molecular formula is C23H26FN2O2S+. The van der Waals surface area contributed by atoms with Crippen molar-refractivity contribution in [1.82, 2.24) is 5.32 Å². The lowest BCUT2D eigenvalue weighted by Gasteiger charge is -2.20. The topological polar surface area (TPSA) is 42.8 Å². The van der Waals surface area contributed by atoms with Crippen molar-refractivity contribution in [3.63, 3.8) is 0 Å². The molecule has 2 atom stereocenters. The Morgan fingerprint density at radius 2 is 1.86 bits per heavy atom. The molecule has 3 aromatic rings. The van der Waals surface area contributed by atoms with Crippen LogP contribution in [0.1, 0.15) is 29.0 Å². The molecule has 0 aliphatic rings. The molecule has 0 saturated heterocycles. The van der Waals surface area contributed by atoms with Gasteiger partial charge in [-0.15, -0.1) is 11.3 Å². The summed E-state index contributed by atoms with van der Waals surface area (Å²) in [5.74, 6) is 0.519. The first-order valence-corrected chi connectivity index (χ1v) is 10.5. The highest BCUT2D eigenvalue weighted by molar-refractivity contribution is 7.10. The third kappa shape index (κ3) is 6.14. The number of hydrogen-bond acceptors (Lipinski definition) is 3. The largest absolute Gasteiger partial charge is 0.494 e. The predicted molar refractivity (Wildman–Crippen MR) is 114 cm³/mol. The molecule has 29 heavy (non-hydrogen) atoms. The fourth-order valence-electron chi connectivity index (χ4n) is 3.20. The summed E-state index contributed by atoms with van der Waals surface area (Å²) in [7, 11) is 1.99. The van der Waals surface area contributed by atoms with Gasteiger partial charge in [0.15, 0.2) is 6.54 Å². The number of benzene rings is 2. The Kier molecular flexibility index (Phi) is 7.38. The van der Waals surface area contributed by atoms with Crippen molar-refractivity contribution in [3.05, 3.63) is 87.9 Å². The average molecular weight is 414 g/mol. The fourth-order valence-corrected chi connectivity index (χ4v) is 4.00. The number of carbonyl (C=O) groups is 1. The molecule has 0 bridgehead atoms. The molecule has 0 spiro atoms. The highest BCUT2D eigenvalue weighted by Crippen LogP contribution is 2.26.